The molecule has 29 heavy (non-hydrogen) atoms. The van der Waals surface area contributed by atoms with Crippen LogP contribution in [0.1, 0.15) is 34.1 Å². The molecule has 0 aliphatic carbocycles. The molecule has 0 bridgehead atoms. The highest BCUT2D eigenvalue weighted by Gasteiger charge is 2.41. The number of H-pyrrole nitrogens is 1. The van der Waals surface area contributed by atoms with Crippen LogP contribution in [0.25, 0.3) is 11.3 Å². The highest BCUT2D eigenvalue weighted by Crippen LogP contribution is 2.43. The average molecular weight is 456 g/mol. The van der Waals surface area contributed by atoms with Gasteiger partial charge in [0.25, 0.3) is 5.91 Å². The second kappa shape index (κ2) is 8.39. The summed E-state index contributed by atoms with van der Waals surface area (Å²) in [6.07, 6.45) is 0.766. The highest BCUT2D eigenvalue weighted by molar-refractivity contribution is 9.10. The first kappa shape index (κ1) is 19.7. The van der Waals surface area contributed by atoms with E-state index in [1.54, 1.807) is 14.2 Å². The van der Waals surface area contributed by atoms with Crippen LogP contribution in [-0.4, -0.2) is 48.4 Å². The van der Waals surface area contributed by atoms with Crippen molar-refractivity contribution in [2.45, 2.75) is 12.5 Å². The molecule has 3 aromatic rings. The topological polar surface area (TPSA) is 67.5 Å². The fraction of sp³-hybridized carbons (Fsp3) is 0.273. The lowest BCUT2D eigenvalue weighted by molar-refractivity contribution is 0.0723. The molecule has 1 unspecified atom stereocenters. The minimum absolute atomic E-state index is 0.0339. The first-order chi connectivity index (χ1) is 14.1. The van der Waals surface area contributed by atoms with E-state index in [1.165, 1.54) is 0 Å². The van der Waals surface area contributed by atoms with E-state index in [9.17, 15) is 4.79 Å². The Kier molecular flexibility index (Phi) is 5.69. The van der Waals surface area contributed by atoms with E-state index in [-0.39, 0.29) is 11.9 Å². The minimum Gasteiger partial charge on any atom is -0.497 e. The van der Waals surface area contributed by atoms with Crippen LogP contribution in [0.5, 0.6) is 5.75 Å². The number of halogens is 1. The Labute approximate surface area is 178 Å². The van der Waals surface area contributed by atoms with Crippen molar-refractivity contribution >= 4 is 21.8 Å². The van der Waals surface area contributed by atoms with Crippen molar-refractivity contribution in [3.8, 4) is 17.0 Å². The summed E-state index contributed by atoms with van der Waals surface area (Å²) in [5.74, 6) is 0.745. The van der Waals surface area contributed by atoms with Crippen molar-refractivity contribution < 1.29 is 14.3 Å². The number of nitrogens with one attached hydrogen (secondary N) is 1. The van der Waals surface area contributed by atoms with E-state index < -0.39 is 0 Å². The van der Waals surface area contributed by atoms with Gasteiger partial charge in [-0.3, -0.25) is 9.89 Å². The van der Waals surface area contributed by atoms with E-state index >= 15 is 0 Å². The molecule has 1 amide bonds. The predicted octanol–water partition coefficient (Wildman–Crippen LogP) is 4.43. The zero-order valence-electron chi connectivity index (χ0n) is 16.3. The molecular weight excluding hydrogens is 434 g/mol. The molecule has 0 spiro atoms. The maximum Gasteiger partial charge on any atom is 0.273 e. The van der Waals surface area contributed by atoms with Crippen LogP contribution in [0.3, 0.4) is 0 Å². The number of fused-ring (bicyclic) bond motifs is 1. The summed E-state index contributed by atoms with van der Waals surface area (Å²) in [4.78, 5) is 15.1. The van der Waals surface area contributed by atoms with Gasteiger partial charge in [-0.05, 0) is 48.4 Å². The molecule has 0 radical (unpaired) electrons. The Hall–Kier alpha value is -2.64. The van der Waals surface area contributed by atoms with Gasteiger partial charge in [0.05, 0.1) is 18.8 Å². The van der Waals surface area contributed by atoms with Crippen molar-refractivity contribution in [1.82, 2.24) is 15.1 Å². The number of nitrogens with zero attached hydrogens (tertiary/aromatic N) is 2. The molecule has 7 heteroatoms. The molecule has 1 aliphatic rings. The molecule has 1 N–H and O–H groups in total. The number of hydrogen-bond acceptors (Lipinski definition) is 4. The lowest BCUT2D eigenvalue weighted by Gasteiger charge is -2.26. The summed E-state index contributed by atoms with van der Waals surface area (Å²) in [6.45, 7) is 1.21. The second-order valence-electron chi connectivity index (χ2n) is 6.89. The van der Waals surface area contributed by atoms with Gasteiger partial charge in [-0.1, -0.05) is 28.1 Å². The zero-order valence-corrected chi connectivity index (χ0v) is 17.9. The Balaban J connectivity index is 1.80. The number of aromatic nitrogens is 2. The van der Waals surface area contributed by atoms with Gasteiger partial charge in [0.1, 0.15) is 11.4 Å². The van der Waals surface area contributed by atoms with Gasteiger partial charge in [0.15, 0.2) is 0 Å². The van der Waals surface area contributed by atoms with Crippen LogP contribution < -0.4 is 4.74 Å². The lowest BCUT2D eigenvalue weighted by atomic mass is 9.96. The summed E-state index contributed by atoms with van der Waals surface area (Å²) in [6, 6.07) is 15.6. The predicted molar refractivity (Wildman–Crippen MR) is 114 cm³/mol. The molecular formula is C22H22BrN3O3. The SMILES string of the molecule is COCCCN1C(=O)c2[nH]nc(-c3ccc(OC)cc3)c2C1c1cccc(Br)c1. The number of hydrogen-bond donors (Lipinski definition) is 1. The largest absolute Gasteiger partial charge is 0.497 e. The molecule has 0 saturated carbocycles. The van der Waals surface area contributed by atoms with E-state index in [2.05, 4.69) is 32.2 Å². The number of carbonyl (C=O) groups is 1. The minimum atomic E-state index is -0.206. The number of aromatic amines is 1. The van der Waals surface area contributed by atoms with Crippen LogP contribution >= 0.6 is 15.9 Å². The van der Waals surface area contributed by atoms with Crippen molar-refractivity contribution in [3.63, 3.8) is 0 Å². The molecule has 1 aromatic heterocycles. The number of amides is 1. The van der Waals surface area contributed by atoms with Crippen molar-refractivity contribution in [3.05, 3.63) is 69.8 Å². The number of methoxy groups -OCH3 is 2. The lowest BCUT2D eigenvalue weighted by Crippen LogP contribution is -2.31. The molecule has 6 nitrogen and oxygen atoms in total. The van der Waals surface area contributed by atoms with Gasteiger partial charge < -0.3 is 14.4 Å². The Bertz CT molecular complexity index is 1020. The van der Waals surface area contributed by atoms with Gasteiger partial charge >= 0.3 is 0 Å². The van der Waals surface area contributed by atoms with Gasteiger partial charge in [-0.25, -0.2) is 0 Å². The first-order valence-electron chi connectivity index (χ1n) is 9.42. The highest BCUT2D eigenvalue weighted by atomic mass is 79.9. The maximum atomic E-state index is 13.2. The Morgan fingerprint density at radius 1 is 1.17 bits per heavy atom. The summed E-state index contributed by atoms with van der Waals surface area (Å²) >= 11 is 3.56. The third-order valence-electron chi connectivity index (χ3n) is 5.14. The van der Waals surface area contributed by atoms with Gasteiger partial charge in [-0.2, -0.15) is 5.10 Å². The number of ether oxygens (including phenoxy) is 2. The standard InChI is InChI=1S/C22H22BrN3O3/c1-28-12-4-11-26-21(15-5-3-6-16(23)13-15)18-19(24-25-20(18)22(26)27)14-7-9-17(29-2)10-8-14/h3,5-10,13,21H,4,11-12H2,1-2H3,(H,24,25). The molecule has 2 heterocycles. The van der Waals surface area contributed by atoms with Gasteiger partial charge in [0, 0.05) is 35.9 Å². The van der Waals surface area contributed by atoms with Gasteiger partial charge in [0.2, 0.25) is 0 Å². The number of rotatable bonds is 7. The van der Waals surface area contributed by atoms with Crippen LogP contribution in [-0.2, 0) is 4.74 Å². The summed E-state index contributed by atoms with van der Waals surface area (Å²) in [5.41, 5.74) is 4.24. The van der Waals surface area contributed by atoms with Crippen LogP contribution in [0, 0.1) is 0 Å². The second-order valence-corrected chi connectivity index (χ2v) is 7.81. The van der Waals surface area contributed by atoms with Crippen LogP contribution in [0.2, 0.25) is 0 Å². The maximum absolute atomic E-state index is 13.2. The summed E-state index contributed by atoms with van der Waals surface area (Å²) in [5, 5.41) is 7.48. The molecule has 150 valence electrons. The quantitative estimate of drug-likeness (QED) is 0.535. The molecule has 1 atom stereocenters. The summed E-state index contributed by atoms with van der Waals surface area (Å²) in [7, 11) is 3.31. The normalized spacial score (nSPS) is 15.6. The van der Waals surface area contributed by atoms with E-state index in [0.717, 1.165) is 39.0 Å². The third kappa shape index (κ3) is 3.68. The fourth-order valence-corrected chi connectivity index (χ4v) is 4.22. The van der Waals surface area contributed by atoms with Gasteiger partial charge in [-0.15, -0.1) is 0 Å². The van der Waals surface area contributed by atoms with Crippen LogP contribution in [0.4, 0.5) is 0 Å². The van der Waals surface area contributed by atoms with Crippen molar-refractivity contribution in [2.24, 2.45) is 0 Å². The van der Waals surface area contributed by atoms with Crippen molar-refractivity contribution in [2.75, 3.05) is 27.4 Å². The Morgan fingerprint density at radius 2 is 1.97 bits per heavy atom. The van der Waals surface area contributed by atoms with Crippen molar-refractivity contribution in [1.29, 1.82) is 0 Å². The Morgan fingerprint density at radius 3 is 2.66 bits per heavy atom. The molecule has 0 saturated heterocycles. The smallest absolute Gasteiger partial charge is 0.273 e. The van der Waals surface area contributed by atoms with Crippen LogP contribution in [0.15, 0.2) is 53.0 Å². The average Bonchev–Trinajstić information content (AvgIpc) is 3.28. The molecule has 0 fully saturated rings. The molecule has 4 rings (SSSR count). The number of benzene rings is 2. The van der Waals surface area contributed by atoms with E-state index in [4.69, 9.17) is 9.47 Å². The summed E-state index contributed by atoms with van der Waals surface area (Å²) < 4.78 is 11.4. The monoisotopic (exact) mass is 455 g/mol. The third-order valence-corrected chi connectivity index (χ3v) is 5.63. The zero-order chi connectivity index (χ0) is 20.4. The van der Waals surface area contributed by atoms with E-state index in [1.807, 2.05) is 47.4 Å². The van der Waals surface area contributed by atoms with E-state index in [0.29, 0.717) is 18.8 Å². The fourth-order valence-electron chi connectivity index (χ4n) is 3.80. The molecule has 2 aromatic carbocycles. The first-order valence-corrected chi connectivity index (χ1v) is 10.2. The molecule has 1 aliphatic heterocycles. The number of carbonyl (C=O) groups excluding carboxylic acids is 1.